The van der Waals surface area contributed by atoms with Crippen LogP contribution in [0.5, 0.6) is 5.75 Å². The lowest BCUT2D eigenvalue weighted by atomic mass is 9.82. The van der Waals surface area contributed by atoms with Crippen molar-refractivity contribution in [3.05, 3.63) is 52.5 Å². The Morgan fingerprint density at radius 2 is 1.45 bits per heavy atom. The van der Waals surface area contributed by atoms with E-state index < -0.39 is 5.54 Å². The first-order valence-electron chi connectivity index (χ1n) is 9.97. The van der Waals surface area contributed by atoms with Crippen molar-refractivity contribution in [2.24, 2.45) is 0 Å². The third-order valence-electron chi connectivity index (χ3n) is 5.90. The fourth-order valence-corrected chi connectivity index (χ4v) is 4.31. The highest BCUT2D eigenvalue weighted by atomic mass is 16.5. The van der Waals surface area contributed by atoms with E-state index in [0.29, 0.717) is 30.2 Å². The zero-order chi connectivity index (χ0) is 21.3. The molecule has 1 aromatic carbocycles. The number of aliphatic hydroxyl groups excluding tert-OH is 1. The Bertz CT molecular complexity index is 975. The molecule has 0 radical (unpaired) electrons. The van der Waals surface area contributed by atoms with Crippen LogP contribution >= 0.6 is 0 Å². The number of ether oxygens (including phenoxy) is 1. The van der Waals surface area contributed by atoms with E-state index in [2.05, 4.69) is 0 Å². The van der Waals surface area contributed by atoms with Crippen molar-refractivity contribution in [3.8, 4) is 5.75 Å². The molecule has 1 N–H and O–H groups in total. The summed E-state index contributed by atoms with van der Waals surface area (Å²) in [5.74, 6) is -0.162. The number of rotatable bonds is 1. The summed E-state index contributed by atoms with van der Waals surface area (Å²) in [5.41, 5.74) is 1.54. The van der Waals surface area contributed by atoms with Crippen LogP contribution in [0.4, 0.5) is 0 Å². The third kappa shape index (κ3) is 2.93. The fraction of sp³-hybridized carbons (Fsp3) is 0.478. The summed E-state index contributed by atoms with van der Waals surface area (Å²) < 4.78 is 6.03. The zero-order valence-electron chi connectivity index (χ0n) is 17.9. The van der Waals surface area contributed by atoms with Gasteiger partial charge in [0.05, 0.1) is 0 Å². The lowest BCUT2D eigenvalue weighted by Crippen LogP contribution is -2.44. The topological polar surface area (TPSA) is 70.1 Å². The number of amides is 2. The first-order valence-corrected chi connectivity index (χ1v) is 9.97. The smallest absolute Gasteiger partial charge is 0.290 e. The quantitative estimate of drug-likeness (QED) is 0.789. The number of hydrogen-bond donors (Lipinski definition) is 1. The molecule has 154 valence electrons. The lowest BCUT2D eigenvalue weighted by molar-refractivity contribution is -0.132. The molecule has 3 heterocycles. The van der Waals surface area contributed by atoms with Gasteiger partial charge >= 0.3 is 0 Å². The zero-order valence-corrected chi connectivity index (χ0v) is 17.9. The highest BCUT2D eigenvalue weighted by molar-refractivity contribution is 5.99. The maximum absolute atomic E-state index is 13.1. The minimum absolute atomic E-state index is 0.149. The molecule has 4 rings (SSSR count). The number of carbonyl (C=O) groups excluding carboxylic acids is 2. The SMILES string of the molecule is CC(C)(C)N1CC(C2C3=C(Oc4ccccc42)C(=O)N(C(C)(C)C)C3)=C(O)C1=O. The van der Waals surface area contributed by atoms with Crippen LogP contribution in [0.25, 0.3) is 0 Å². The van der Waals surface area contributed by atoms with Crippen LogP contribution in [0.3, 0.4) is 0 Å². The summed E-state index contributed by atoms with van der Waals surface area (Å²) in [6, 6.07) is 7.54. The minimum Gasteiger partial charge on any atom is -0.503 e. The molecule has 1 aromatic rings. The number of nitrogens with zero attached hydrogens (tertiary/aromatic N) is 2. The van der Waals surface area contributed by atoms with Crippen molar-refractivity contribution >= 4 is 11.8 Å². The van der Waals surface area contributed by atoms with Crippen LogP contribution in [-0.4, -0.2) is 50.9 Å². The maximum Gasteiger partial charge on any atom is 0.290 e. The Kier molecular flexibility index (Phi) is 4.12. The Balaban J connectivity index is 1.84. The molecule has 3 aliphatic heterocycles. The van der Waals surface area contributed by atoms with Gasteiger partial charge in [-0.25, -0.2) is 0 Å². The average Bonchev–Trinajstić information content (AvgIpc) is 3.11. The third-order valence-corrected chi connectivity index (χ3v) is 5.90. The van der Waals surface area contributed by atoms with Crippen LogP contribution in [0.2, 0.25) is 0 Å². The van der Waals surface area contributed by atoms with Gasteiger partial charge in [-0.05, 0) is 47.6 Å². The summed E-state index contributed by atoms with van der Waals surface area (Å²) in [6.45, 7) is 12.6. The van der Waals surface area contributed by atoms with Gasteiger partial charge in [-0.3, -0.25) is 9.59 Å². The van der Waals surface area contributed by atoms with Crippen molar-refractivity contribution in [3.63, 3.8) is 0 Å². The summed E-state index contributed by atoms with van der Waals surface area (Å²) in [6.07, 6.45) is 0. The van der Waals surface area contributed by atoms with Crippen LogP contribution in [-0.2, 0) is 9.59 Å². The van der Waals surface area contributed by atoms with Gasteiger partial charge in [0, 0.05) is 46.8 Å². The van der Waals surface area contributed by atoms with Crippen molar-refractivity contribution in [2.75, 3.05) is 13.1 Å². The molecular formula is C23H28N2O4. The van der Waals surface area contributed by atoms with E-state index in [9.17, 15) is 14.7 Å². The molecule has 0 spiro atoms. The Hall–Kier alpha value is -2.76. The number of carbonyl (C=O) groups is 2. The summed E-state index contributed by atoms with van der Waals surface area (Å²) in [4.78, 5) is 29.4. The van der Waals surface area contributed by atoms with Gasteiger partial charge in [0.1, 0.15) is 5.75 Å². The van der Waals surface area contributed by atoms with Gasteiger partial charge < -0.3 is 19.6 Å². The first-order chi connectivity index (χ1) is 13.4. The maximum atomic E-state index is 13.1. The second-order valence-electron chi connectivity index (χ2n) is 9.93. The van der Waals surface area contributed by atoms with Gasteiger partial charge in [-0.15, -0.1) is 0 Å². The molecule has 2 amide bonds. The van der Waals surface area contributed by atoms with E-state index >= 15 is 0 Å². The number of benzene rings is 1. The van der Waals surface area contributed by atoms with E-state index in [1.807, 2.05) is 65.8 Å². The number of para-hydroxylation sites is 1. The second kappa shape index (κ2) is 6.12. The lowest BCUT2D eigenvalue weighted by Gasteiger charge is -2.34. The van der Waals surface area contributed by atoms with Crippen LogP contribution < -0.4 is 4.74 Å². The summed E-state index contributed by atoms with van der Waals surface area (Å²) in [7, 11) is 0. The molecule has 0 bridgehead atoms. The Labute approximate surface area is 171 Å². The molecule has 1 atom stereocenters. The van der Waals surface area contributed by atoms with Gasteiger partial charge in [0.15, 0.2) is 11.5 Å². The second-order valence-corrected chi connectivity index (χ2v) is 9.93. The molecule has 0 aromatic heterocycles. The van der Waals surface area contributed by atoms with Crippen molar-refractivity contribution in [1.82, 2.24) is 9.80 Å². The molecule has 1 unspecified atom stereocenters. The largest absolute Gasteiger partial charge is 0.503 e. The molecule has 0 fully saturated rings. The molecule has 0 aliphatic carbocycles. The van der Waals surface area contributed by atoms with Gasteiger partial charge in [0.2, 0.25) is 0 Å². The molecule has 29 heavy (non-hydrogen) atoms. The van der Waals surface area contributed by atoms with E-state index in [0.717, 1.165) is 11.1 Å². The molecule has 0 saturated heterocycles. The summed E-state index contributed by atoms with van der Waals surface area (Å²) in [5, 5.41) is 10.8. The monoisotopic (exact) mass is 396 g/mol. The van der Waals surface area contributed by atoms with E-state index in [1.165, 1.54) is 0 Å². The van der Waals surface area contributed by atoms with Crippen LogP contribution in [0, 0.1) is 0 Å². The standard InChI is InChI=1S/C23H28N2O4/c1-22(2,3)24-11-14(18(26)20(24)27)17-13-9-7-8-10-16(13)29-19-15(17)12-25(21(19)28)23(4,5)6/h7-10,17,26H,11-12H2,1-6H3. The molecule has 6 nitrogen and oxygen atoms in total. The van der Waals surface area contributed by atoms with Gasteiger partial charge in [0.25, 0.3) is 11.8 Å². The highest BCUT2D eigenvalue weighted by Crippen LogP contribution is 2.49. The average molecular weight is 396 g/mol. The number of hydrogen-bond acceptors (Lipinski definition) is 4. The molecular weight excluding hydrogens is 368 g/mol. The van der Waals surface area contributed by atoms with E-state index in [1.54, 1.807) is 9.80 Å². The van der Waals surface area contributed by atoms with Crippen molar-refractivity contribution in [2.45, 2.75) is 58.5 Å². The van der Waals surface area contributed by atoms with E-state index in [-0.39, 0.29) is 29.0 Å². The summed E-state index contributed by atoms with van der Waals surface area (Å²) >= 11 is 0. The first kappa shape index (κ1) is 19.6. The fourth-order valence-electron chi connectivity index (χ4n) is 4.31. The van der Waals surface area contributed by atoms with Gasteiger partial charge in [-0.1, -0.05) is 18.2 Å². The Morgan fingerprint density at radius 1 is 0.897 bits per heavy atom. The van der Waals surface area contributed by atoms with Crippen molar-refractivity contribution in [1.29, 1.82) is 0 Å². The van der Waals surface area contributed by atoms with Crippen LogP contribution in [0.15, 0.2) is 46.9 Å². The predicted octanol–water partition coefficient (Wildman–Crippen LogP) is 3.51. The predicted molar refractivity (Wildman–Crippen MR) is 109 cm³/mol. The minimum atomic E-state index is -0.419. The van der Waals surface area contributed by atoms with E-state index in [4.69, 9.17) is 4.74 Å². The molecule has 0 saturated carbocycles. The van der Waals surface area contributed by atoms with Gasteiger partial charge in [-0.2, -0.15) is 0 Å². The van der Waals surface area contributed by atoms with Crippen molar-refractivity contribution < 1.29 is 19.4 Å². The highest BCUT2D eigenvalue weighted by Gasteiger charge is 2.48. The molecule has 3 aliphatic rings. The van der Waals surface area contributed by atoms with Crippen LogP contribution in [0.1, 0.15) is 53.0 Å². The Morgan fingerprint density at radius 3 is 2.03 bits per heavy atom. The number of fused-ring (bicyclic) bond motifs is 1. The number of aliphatic hydroxyl groups is 1. The normalized spacial score (nSPS) is 22.3. The molecule has 6 heteroatoms.